The Balaban J connectivity index is 2.05. The van der Waals surface area contributed by atoms with E-state index in [9.17, 15) is 0 Å². The zero-order valence-corrected chi connectivity index (χ0v) is 10.3. The summed E-state index contributed by atoms with van der Waals surface area (Å²) in [6, 6.07) is 8.55. The van der Waals surface area contributed by atoms with Crippen LogP contribution in [0.4, 0.5) is 0 Å². The van der Waals surface area contributed by atoms with E-state index in [2.05, 4.69) is 55.0 Å². The minimum Gasteiger partial charge on any atom is -0.330 e. The Morgan fingerprint density at radius 3 is 2.59 bits per heavy atom. The lowest BCUT2D eigenvalue weighted by Gasteiger charge is -2.11. The number of rotatable bonds is 1. The van der Waals surface area contributed by atoms with Gasteiger partial charge in [0.05, 0.1) is 5.69 Å². The molecule has 2 nitrogen and oxygen atoms in total. The van der Waals surface area contributed by atoms with Crippen molar-refractivity contribution in [2.24, 2.45) is 0 Å². The summed E-state index contributed by atoms with van der Waals surface area (Å²) in [4.78, 5) is 4.73. The van der Waals surface area contributed by atoms with Gasteiger partial charge in [-0.2, -0.15) is 0 Å². The Morgan fingerprint density at radius 1 is 1.12 bits per heavy atom. The molecule has 0 spiro atoms. The molecule has 0 atom stereocenters. The van der Waals surface area contributed by atoms with Gasteiger partial charge in [-0.05, 0) is 25.8 Å². The Labute approximate surface area is 102 Å². The third-order valence-corrected chi connectivity index (χ3v) is 3.30. The second-order valence-corrected chi connectivity index (χ2v) is 4.68. The number of hydrogen-bond acceptors (Lipinski definition) is 1. The highest BCUT2D eigenvalue weighted by Crippen LogP contribution is 2.25. The van der Waals surface area contributed by atoms with Gasteiger partial charge in [0.1, 0.15) is 5.82 Å². The minimum atomic E-state index is 1.05. The predicted molar refractivity (Wildman–Crippen MR) is 70.7 cm³/mol. The maximum absolute atomic E-state index is 4.73. The normalized spacial score (nSPS) is 14.4. The molecule has 86 valence electrons. The highest BCUT2D eigenvalue weighted by atomic mass is 15.1. The second-order valence-electron chi connectivity index (χ2n) is 4.68. The zero-order valence-electron chi connectivity index (χ0n) is 10.3. The number of benzene rings is 1. The van der Waals surface area contributed by atoms with Crippen molar-refractivity contribution < 1.29 is 0 Å². The van der Waals surface area contributed by atoms with E-state index in [4.69, 9.17) is 4.98 Å². The molecule has 0 fully saturated rings. The van der Waals surface area contributed by atoms with Crippen LogP contribution in [0.1, 0.15) is 24.7 Å². The molecule has 2 heterocycles. The summed E-state index contributed by atoms with van der Waals surface area (Å²) in [5.74, 6) is 1.12. The van der Waals surface area contributed by atoms with Gasteiger partial charge < -0.3 is 4.57 Å². The van der Waals surface area contributed by atoms with Crippen molar-refractivity contribution in [3.63, 3.8) is 0 Å². The monoisotopic (exact) mass is 224 g/mol. The van der Waals surface area contributed by atoms with Crippen LogP contribution in [0.25, 0.3) is 16.8 Å². The van der Waals surface area contributed by atoms with Crippen LogP contribution in [0.3, 0.4) is 0 Å². The van der Waals surface area contributed by atoms with E-state index in [1.165, 1.54) is 16.7 Å². The average Bonchev–Trinajstić information content (AvgIpc) is 2.75. The molecule has 17 heavy (non-hydrogen) atoms. The van der Waals surface area contributed by atoms with Crippen LogP contribution in [-0.2, 0) is 6.54 Å². The van der Waals surface area contributed by atoms with Crippen molar-refractivity contribution in [1.82, 2.24) is 9.55 Å². The van der Waals surface area contributed by atoms with E-state index in [0.29, 0.717) is 0 Å². The smallest absolute Gasteiger partial charge is 0.135 e. The van der Waals surface area contributed by atoms with Crippen molar-refractivity contribution in [1.29, 1.82) is 0 Å². The third-order valence-electron chi connectivity index (χ3n) is 3.30. The lowest BCUT2D eigenvalue weighted by Crippen LogP contribution is -2.05. The molecule has 0 bridgehead atoms. The Kier molecular flexibility index (Phi) is 2.36. The van der Waals surface area contributed by atoms with Crippen molar-refractivity contribution in [2.45, 2.75) is 26.8 Å². The molecule has 1 aliphatic heterocycles. The molecule has 0 radical (unpaired) electrons. The summed E-state index contributed by atoms with van der Waals surface area (Å²) in [5.41, 5.74) is 4.85. The molecule has 0 N–H and O–H groups in total. The molecule has 3 rings (SSSR count). The lowest BCUT2D eigenvalue weighted by atomic mass is 10.1. The predicted octanol–water partition coefficient (Wildman–Crippen LogP) is 3.67. The van der Waals surface area contributed by atoms with Gasteiger partial charge in [0.25, 0.3) is 0 Å². The first-order chi connectivity index (χ1) is 8.24. The second kappa shape index (κ2) is 3.88. The van der Waals surface area contributed by atoms with Gasteiger partial charge in [-0.3, -0.25) is 0 Å². The van der Waals surface area contributed by atoms with Crippen LogP contribution in [-0.4, -0.2) is 9.55 Å². The van der Waals surface area contributed by atoms with Gasteiger partial charge in [0.15, 0.2) is 0 Å². The molecule has 1 aromatic heterocycles. The standard InChI is InChI=1S/C15H16N2/c1-11-5-7-13(8-6-11)14-10-17-9-3-4-12(2)15(17)16-14/h4-8,10H,3,9H2,1-2H3. The molecule has 2 heteroatoms. The number of allylic oxidation sites excluding steroid dienone is 2. The number of imidazole rings is 1. The first-order valence-corrected chi connectivity index (χ1v) is 6.05. The molecule has 0 aliphatic carbocycles. The number of aromatic nitrogens is 2. The molecular weight excluding hydrogens is 208 g/mol. The van der Waals surface area contributed by atoms with Crippen molar-refractivity contribution in [3.8, 4) is 11.3 Å². The lowest BCUT2D eigenvalue weighted by molar-refractivity contribution is 0.683. The van der Waals surface area contributed by atoms with E-state index in [0.717, 1.165) is 24.5 Å². The summed E-state index contributed by atoms with van der Waals surface area (Å²) in [6.45, 7) is 5.29. The van der Waals surface area contributed by atoms with Crippen LogP contribution in [0.2, 0.25) is 0 Å². The maximum atomic E-state index is 4.73. The SMILES string of the molecule is CC1=CCCn2cc(-c3ccc(C)cc3)nc21. The van der Waals surface area contributed by atoms with E-state index < -0.39 is 0 Å². The van der Waals surface area contributed by atoms with Crippen LogP contribution in [0.5, 0.6) is 0 Å². The summed E-state index contributed by atoms with van der Waals surface area (Å²) in [7, 11) is 0. The molecule has 2 aromatic rings. The number of nitrogens with zero attached hydrogens (tertiary/aromatic N) is 2. The number of fused-ring (bicyclic) bond motifs is 1. The van der Waals surface area contributed by atoms with Crippen LogP contribution in [0, 0.1) is 6.92 Å². The van der Waals surface area contributed by atoms with Crippen LogP contribution < -0.4 is 0 Å². The van der Waals surface area contributed by atoms with Gasteiger partial charge in [-0.25, -0.2) is 4.98 Å². The van der Waals surface area contributed by atoms with E-state index >= 15 is 0 Å². The van der Waals surface area contributed by atoms with Gasteiger partial charge in [0.2, 0.25) is 0 Å². The molecule has 0 unspecified atom stereocenters. The fraction of sp³-hybridized carbons (Fsp3) is 0.267. The van der Waals surface area contributed by atoms with Crippen molar-refractivity contribution in [3.05, 3.63) is 47.9 Å². The first-order valence-electron chi connectivity index (χ1n) is 6.05. The summed E-state index contributed by atoms with van der Waals surface area (Å²) >= 11 is 0. The quantitative estimate of drug-likeness (QED) is 0.722. The summed E-state index contributed by atoms with van der Waals surface area (Å²) in [6.07, 6.45) is 5.54. The highest BCUT2D eigenvalue weighted by Gasteiger charge is 2.13. The average molecular weight is 224 g/mol. The van der Waals surface area contributed by atoms with E-state index in [-0.39, 0.29) is 0 Å². The topological polar surface area (TPSA) is 17.8 Å². The first kappa shape index (κ1) is 10.3. The van der Waals surface area contributed by atoms with Gasteiger partial charge in [-0.15, -0.1) is 0 Å². The van der Waals surface area contributed by atoms with Crippen LogP contribution >= 0.6 is 0 Å². The van der Waals surface area contributed by atoms with Gasteiger partial charge in [0, 0.05) is 18.3 Å². The van der Waals surface area contributed by atoms with Crippen LogP contribution in [0.15, 0.2) is 36.5 Å². The fourth-order valence-electron chi connectivity index (χ4n) is 2.28. The molecule has 0 saturated heterocycles. The molecule has 1 aliphatic rings. The minimum absolute atomic E-state index is 1.05. The summed E-state index contributed by atoms with van der Waals surface area (Å²) < 4.78 is 2.25. The maximum Gasteiger partial charge on any atom is 0.135 e. The number of aryl methyl sites for hydroxylation is 2. The van der Waals surface area contributed by atoms with Gasteiger partial charge >= 0.3 is 0 Å². The van der Waals surface area contributed by atoms with Crippen molar-refractivity contribution in [2.75, 3.05) is 0 Å². The van der Waals surface area contributed by atoms with E-state index in [1.807, 2.05) is 0 Å². The number of hydrogen-bond donors (Lipinski definition) is 0. The molecule has 1 aromatic carbocycles. The van der Waals surface area contributed by atoms with E-state index in [1.54, 1.807) is 0 Å². The third kappa shape index (κ3) is 1.80. The molecule has 0 saturated carbocycles. The zero-order chi connectivity index (χ0) is 11.8. The Hall–Kier alpha value is -1.83. The highest BCUT2D eigenvalue weighted by molar-refractivity contribution is 5.65. The molecule has 0 amide bonds. The molecular formula is C15H16N2. The Morgan fingerprint density at radius 2 is 1.88 bits per heavy atom. The van der Waals surface area contributed by atoms with Gasteiger partial charge in [-0.1, -0.05) is 35.9 Å². The largest absolute Gasteiger partial charge is 0.330 e. The fourth-order valence-corrected chi connectivity index (χ4v) is 2.28. The van der Waals surface area contributed by atoms with Crippen molar-refractivity contribution >= 4 is 5.57 Å². The Bertz CT molecular complexity index is 573. The summed E-state index contributed by atoms with van der Waals surface area (Å²) in [5, 5.41) is 0.